The summed E-state index contributed by atoms with van der Waals surface area (Å²) in [6.45, 7) is 3.29. The number of hydrogen-bond acceptors (Lipinski definition) is 3. The van der Waals surface area contributed by atoms with Crippen molar-refractivity contribution in [3.63, 3.8) is 0 Å². The molecule has 0 rings (SSSR count). The zero-order valence-corrected chi connectivity index (χ0v) is 7.40. The fourth-order valence-corrected chi connectivity index (χ4v) is 0.759. The van der Waals surface area contributed by atoms with Gasteiger partial charge in [-0.2, -0.15) is 0 Å². The molecule has 0 unspecified atom stereocenters. The lowest BCUT2D eigenvalue weighted by atomic mass is 10.2. The van der Waals surface area contributed by atoms with Gasteiger partial charge in [-0.25, -0.2) is 4.79 Å². The topological polar surface area (TPSA) is 104 Å². The molecule has 0 aromatic heterocycles. The van der Waals surface area contributed by atoms with Crippen LogP contribution >= 0.6 is 0 Å². The summed E-state index contributed by atoms with van der Waals surface area (Å²) in [5.41, 5.74) is 0. The van der Waals surface area contributed by atoms with Crippen LogP contribution in [0.2, 0.25) is 0 Å². The minimum Gasteiger partial charge on any atom is -0.481 e. The summed E-state index contributed by atoms with van der Waals surface area (Å²) in [7, 11) is 0. The summed E-state index contributed by atoms with van der Waals surface area (Å²) in [5.74, 6) is -3.21. The van der Waals surface area contributed by atoms with Crippen molar-refractivity contribution in [1.82, 2.24) is 5.32 Å². The van der Waals surface area contributed by atoms with Gasteiger partial charge in [-0.3, -0.25) is 9.59 Å². The van der Waals surface area contributed by atoms with Crippen LogP contribution in [0.1, 0.15) is 12.8 Å². The third-order valence-corrected chi connectivity index (χ3v) is 1.34. The van der Waals surface area contributed by atoms with Crippen molar-refractivity contribution in [2.75, 3.05) is 0 Å². The fraction of sp³-hybridized carbons (Fsp3) is 0.375. The van der Waals surface area contributed by atoms with Crippen molar-refractivity contribution >= 4 is 17.8 Å². The number of carbonyl (C=O) groups is 3. The minimum atomic E-state index is -1.39. The Morgan fingerprint density at radius 3 is 2.29 bits per heavy atom. The summed E-state index contributed by atoms with van der Waals surface area (Å²) in [6, 6.07) is -1.39. The Hall–Kier alpha value is -1.85. The highest BCUT2D eigenvalue weighted by Crippen LogP contribution is 1.94. The van der Waals surface area contributed by atoms with Gasteiger partial charge in [0.15, 0.2) is 0 Å². The van der Waals surface area contributed by atoms with Gasteiger partial charge in [0.25, 0.3) is 0 Å². The van der Waals surface area contributed by atoms with Crippen molar-refractivity contribution in [2.24, 2.45) is 0 Å². The molecule has 1 atom stereocenters. The van der Waals surface area contributed by atoms with Crippen molar-refractivity contribution in [3.05, 3.63) is 12.7 Å². The molecule has 0 radical (unpaired) electrons. The van der Waals surface area contributed by atoms with Gasteiger partial charge in [0.05, 0.1) is 6.42 Å². The fourth-order valence-electron chi connectivity index (χ4n) is 0.759. The first-order valence-electron chi connectivity index (χ1n) is 3.82. The molecule has 0 fully saturated rings. The van der Waals surface area contributed by atoms with Crippen LogP contribution in [0.5, 0.6) is 0 Å². The molecule has 3 N–H and O–H groups in total. The highest BCUT2D eigenvalue weighted by atomic mass is 16.4. The molecule has 14 heavy (non-hydrogen) atoms. The zero-order chi connectivity index (χ0) is 11.1. The highest BCUT2D eigenvalue weighted by molar-refractivity contribution is 5.87. The molecule has 0 aliphatic rings. The van der Waals surface area contributed by atoms with Crippen LogP contribution in [0.15, 0.2) is 12.7 Å². The predicted molar refractivity (Wildman–Crippen MR) is 46.6 cm³/mol. The monoisotopic (exact) mass is 201 g/mol. The number of carbonyl (C=O) groups excluding carboxylic acids is 1. The Morgan fingerprint density at radius 2 is 1.93 bits per heavy atom. The molecule has 0 spiro atoms. The molecule has 1 amide bonds. The maximum atomic E-state index is 10.9. The molecule has 0 saturated heterocycles. The molecule has 0 aromatic carbocycles. The summed E-state index contributed by atoms with van der Waals surface area (Å²) in [6.07, 6.45) is 0.622. The van der Waals surface area contributed by atoms with Crippen LogP contribution in [-0.4, -0.2) is 34.1 Å². The van der Waals surface area contributed by atoms with Gasteiger partial charge < -0.3 is 15.5 Å². The van der Waals surface area contributed by atoms with Crippen molar-refractivity contribution in [3.8, 4) is 0 Å². The number of carboxylic acid groups (broad SMARTS) is 2. The Morgan fingerprint density at radius 1 is 1.36 bits per heavy atom. The van der Waals surface area contributed by atoms with Gasteiger partial charge in [0.2, 0.25) is 5.91 Å². The lowest BCUT2D eigenvalue weighted by molar-refractivity contribution is -0.147. The molecule has 6 nitrogen and oxygen atoms in total. The molecule has 78 valence electrons. The van der Waals surface area contributed by atoms with Crippen LogP contribution in [-0.2, 0) is 14.4 Å². The van der Waals surface area contributed by atoms with E-state index in [0.717, 1.165) is 0 Å². The molecule has 0 aromatic rings. The van der Waals surface area contributed by atoms with E-state index in [1.807, 2.05) is 0 Å². The number of amides is 1. The Kier molecular flexibility index (Phi) is 4.98. The average molecular weight is 201 g/mol. The maximum Gasteiger partial charge on any atom is 0.326 e. The Balaban J connectivity index is 4.22. The van der Waals surface area contributed by atoms with Gasteiger partial charge in [-0.15, -0.1) is 6.58 Å². The van der Waals surface area contributed by atoms with Gasteiger partial charge in [0, 0.05) is 6.42 Å². The largest absolute Gasteiger partial charge is 0.481 e. The second kappa shape index (κ2) is 5.74. The number of rotatable bonds is 6. The van der Waals surface area contributed by atoms with E-state index in [-0.39, 0.29) is 6.42 Å². The molecule has 0 aliphatic heterocycles. The first kappa shape index (κ1) is 12.2. The van der Waals surface area contributed by atoms with Gasteiger partial charge in [-0.05, 0) is 0 Å². The first-order chi connectivity index (χ1) is 6.47. The average Bonchev–Trinajstić information content (AvgIpc) is 2.02. The Bertz CT molecular complexity index is 260. The lowest BCUT2D eigenvalue weighted by Crippen LogP contribution is -2.41. The smallest absolute Gasteiger partial charge is 0.326 e. The molecular weight excluding hydrogens is 190 g/mol. The van der Waals surface area contributed by atoms with E-state index in [2.05, 4.69) is 11.9 Å². The number of hydrogen-bond donors (Lipinski definition) is 3. The van der Waals surface area contributed by atoms with E-state index in [4.69, 9.17) is 10.2 Å². The second-order valence-corrected chi connectivity index (χ2v) is 2.55. The molecule has 0 aliphatic carbocycles. The molecule has 0 heterocycles. The summed E-state index contributed by atoms with van der Waals surface area (Å²) < 4.78 is 0. The number of nitrogens with one attached hydrogen (secondary N) is 1. The SMILES string of the molecule is C=CCC(=O)N[C@H](CC(=O)O)C(=O)O. The minimum absolute atomic E-state index is 0.0383. The normalized spacial score (nSPS) is 11.4. The van der Waals surface area contributed by atoms with Crippen molar-refractivity contribution in [1.29, 1.82) is 0 Å². The van der Waals surface area contributed by atoms with Crippen LogP contribution < -0.4 is 5.32 Å². The quantitative estimate of drug-likeness (QED) is 0.507. The summed E-state index contributed by atoms with van der Waals surface area (Å²) in [5, 5.41) is 18.9. The molecule has 0 saturated carbocycles. The van der Waals surface area contributed by atoms with E-state index >= 15 is 0 Å². The maximum absolute atomic E-state index is 10.9. The summed E-state index contributed by atoms with van der Waals surface area (Å²) >= 11 is 0. The second-order valence-electron chi connectivity index (χ2n) is 2.55. The first-order valence-corrected chi connectivity index (χ1v) is 3.82. The van der Waals surface area contributed by atoms with E-state index in [1.54, 1.807) is 0 Å². The standard InChI is InChI=1S/C8H11NO5/c1-2-3-6(10)9-5(8(13)14)4-7(11)12/h2,5H,1,3-4H2,(H,9,10)(H,11,12)(H,13,14)/t5-/m1/s1. The van der Waals surface area contributed by atoms with Crippen LogP contribution in [0.25, 0.3) is 0 Å². The van der Waals surface area contributed by atoms with Gasteiger partial charge >= 0.3 is 11.9 Å². The van der Waals surface area contributed by atoms with E-state index in [0.29, 0.717) is 0 Å². The van der Waals surface area contributed by atoms with E-state index < -0.39 is 30.3 Å². The summed E-state index contributed by atoms with van der Waals surface area (Å²) in [4.78, 5) is 31.6. The third kappa shape index (κ3) is 4.91. The molecule has 6 heteroatoms. The number of aliphatic carboxylic acids is 2. The predicted octanol–water partition coefficient (Wildman–Crippen LogP) is -0.393. The van der Waals surface area contributed by atoms with E-state index in [9.17, 15) is 14.4 Å². The lowest BCUT2D eigenvalue weighted by Gasteiger charge is -2.10. The molecular formula is C8H11NO5. The zero-order valence-electron chi connectivity index (χ0n) is 7.40. The van der Waals surface area contributed by atoms with Crippen LogP contribution in [0.3, 0.4) is 0 Å². The Labute approximate surface area is 80.2 Å². The van der Waals surface area contributed by atoms with Crippen LogP contribution in [0.4, 0.5) is 0 Å². The van der Waals surface area contributed by atoms with Crippen molar-refractivity contribution < 1.29 is 24.6 Å². The van der Waals surface area contributed by atoms with Gasteiger partial charge in [-0.1, -0.05) is 6.08 Å². The van der Waals surface area contributed by atoms with Crippen molar-refractivity contribution in [2.45, 2.75) is 18.9 Å². The highest BCUT2D eigenvalue weighted by Gasteiger charge is 2.22. The van der Waals surface area contributed by atoms with Gasteiger partial charge in [0.1, 0.15) is 6.04 Å². The number of carboxylic acids is 2. The third-order valence-electron chi connectivity index (χ3n) is 1.34. The van der Waals surface area contributed by atoms with Crippen LogP contribution in [0, 0.1) is 0 Å². The molecule has 0 bridgehead atoms. The van der Waals surface area contributed by atoms with E-state index in [1.165, 1.54) is 6.08 Å².